The van der Waals surface area contributed by atoms with Crippen molar-refractivity contribution in [3.63, 3.8) is 0 Å². The van der Waals surface area contributed by atoms with Crippen molar-refractivity contribution < 1.29 is 29.0 Å². The second kappa shape index (κ2) is 9.62. The lowest BCUT2D eigenvalue weighted by Crippen LogP contribution is -2.60. The van der Waals surface area contributed by atoms with E-state index in [2.05, 4.69) is 22.8 Å². The van der Waals surface area contributed by atoms with Gasteiger partial charge in [-0.05, 0) is 28.7 Å². The average Bonchev–Trinajstić information content (AvgIpc) is 3.41. The van der Waals surface area contributed by atoms with Gasteiger partial charge in [-0.2, -0.15) is 0 Å². The van der Waals surface area contributed by atoms with Crippen LogP contribution in [0.2, 0.25) is 0 Å². The Morgan fingerprint density at radius 2 is 1.76 bits per heavy atom. The molecular formula is C25H28N2O6. The van der Waals surface area contributed by atoms with Gasteiger partial charge in [0.1, 0.15) is 12.1 Å². The van der Waals surface area contributed by atoms with E-state index in [4.69, 9.17) is 9.47 Å². The summed E-state index contributed by atoms with van der Waals surface area (Å²) >= 11 is 0. The quantitative estimate of drug-likeness (QED) is 0.568. The van der Waals surface area contributed by atoms with Gasteiger partial charge in [-0.1, -0.05) is 55.5 Å². The lowest BCUT2D eigenvalue weighted by Gasteiger charge is -2.28. The summed E-state index contributed by atoms with van der Waals surface area (Å²) in [7, 11) is 0. The highest BCUT2D eigenvalue weighted by atomic mass is 16.6. The summed E-state index contributed by atoms with van der Waals surface area (Å²) in [5.74, 6) is -2.22. The first-order valence-electron chi connectivity index (χ1n) is 11.2. The van der Waals surface area contributed by atoms with Crippen molar-refractivity contribution in [2.75, 3.05) is 26.4 Å². The molecule has 1 fully saturated rings. The molecule has 33 heavy (non-hydrogen) atoms. The zero-order valence-corrected chi connectivity index (χ0v) is 18.5. The van der Waals surface area contributed by atoms with Gasteiger partial charge in [-0.15, -0.1) is 0 Å². The lowest BCUT2D eigenvalue weighted by molar-refractivity contribution is -0.142. The molecule has 0 saturated carbocycles. The van der Waals surface area contributed by atoms with Gasteiger partial charge in [0.25, 0.3) is 0 Å². The van der Waals surface area contributed by atoms with Crippen molar-refractivity contribution >= 4 is 18.0 Å². The lowest BCUT2D eigenvalue weighted by atomic mass is 9.97. The number of aliphatic carboxylic acids is 1. The van der Waals surface area contributed by atoms with Gasteiger partial charge in [-0.25, -0.2) is 4.79 Å². The van der Waals surface area contributed by atoms with E-state index in [1.54, 1.807) is 6.92 Å². The van der Waals surface area contributed by atoms with Crippen LogP contribution in [0.5, 0.6) is 0 Å². The van der Waals surface area contributed by atoms with Crippen molar-refractivity contribution in [1.82, 2.24) is 10.6 Å². The predicted molar refractivity (Wildman–Crippen MR) is 121 cm³/mol. The second-order valence-corrected chi connectivity index (χ2v) is 8.49. The van der Waals surface area contributed by atoms with E-state index in [0.29, 0.717) is 13.0 Å². The summed E-state index contributed by atoms with van der Waals surface area (Å²) in [5.41, 5.74) is 3.18. The van der Waals surface area contributed by atoms with Crippen LogP contribution >= 0.6 is 0 Å². The van der Waals surface area contributed by atoms with Gasteiger partial charge < -0.3 is 25.2 Å². The van der Waals surface area contributed by atoms with Gasteiger partial charge in [-0.3, -0.25) is 9.59 Å². The minimum Gasteiger partial charge on any atom is -0.481 e. The zero-order valence-electron chi connectivity index (χ0n) is 18.5. The summed E-state index contributed by atoms with van der Waals surface area (Å²) in [6.45, 7) is 2.18. The van der Waals surface area contributed by atoms with E-state index in [1.807, 2.05) is 36.4 Å². The molecule has 4 rings (SSSR count). The van der Waals surface area contributed by atoms with Crippen molar-refractivity contribution in [3.8, 4) is 11.1 Å². The topological polar surface area (TPSA) is 114 Å². The van der Waals surface area contributed by atoms with Gasteiger partial charge in [0, 0.05) is 25.5 Å². The summed E-state index contributed by atoms with van der Waals surface area (Å²) in [6, 6.07) is 16.1. The highest BCUT2D eigenvalue weighted by Gasteiger charge is 2.44. The number of hydrogen-bond donors (Lipinski definition) is 3. The van der Waals surface area contributed by atoms with E-state index in [9.17, 15) is 19.5 Å². The largest absolute Gasteiger partial charge is 0.481 e. The van der Waals surface area contributed by atoms with Gasteiger partial charge >= 0.3 is 12.1 Å². The third kappa shape index (κ3) is 4.57. The van der Waals surface area contributed by atoms with E-state index >= 15 is 0 Å². The number of carboxylic acid groups (broad SMARTS) is 1. The number of fused-ring (bicyclic) bond motifs is 3. The maximum atomic E-state index is 12.9. The van der Waals surface area contributed by atoms with Gasteiger partial charge in [0.15, 0.2) is 0 Å². The number of benzene rings is 2. The highest BCUT2D eigenvalue weighted by Crippen LogP contribution is 2.44. The van der Waals surface area contributed by atoms with E-state index < -0.39 is 29.4 Å². The summed E-state index contributed by atoms with van der Waals surface area (Å²) in [5, 5.41) is 14.6. The van der Waals surface area contributed by atoms with Crippen LogP contribution < -0.4 is 10.6 Å². The first-order valence-corrected chi connectivity index (χ1v) is 11.2. The van der Waals surface area contributed by atoms with Crippen molar-refractivity contribution in [3.05, 3.63) is 59.7 Å². The number of alkyl carbamates (subject to hydrolysis) is 1. The highest BCUT2D eigenvalue weighted by molar-refractivity contribution is 5.91. The molecule has 2 amide bonds. The Kier molecular flexibility index (Phi) is 6.65. The fraction of sp³-hybridized carbons (Fsp3) is 0.400. The Morgan fingerprint density at radius 3 is 2.30 bits per heavy atom. The molecule has 8 heteroatoms. The molecule has 2 aliphatic rings. The minimum absolute atomic E-state index is 0.00684. The van der Waals surface area contributed by atoms with Crippen LogP contribution in [0.15, 0.2) is 48.5 Å². The molecule has 1 aliphatic heterocycles. The maximum Gasteiger partial charge on any atom is 0.408 e. The molecule has 0 bridgehead atoms. The molecule has 0 aromatic heterocycles. The molecule has 8 nitrogen and oxygen atoms in total. The van der Waals surface area contributed by atoms with Crippen LogP contribution in [0.4, 0.5) is 4.79 Å². The molecule has 3 N–H and O–H groups in total. The predicted octanol–water partition coefficient (Wildman–Crippen LogP) is 2.91. The molecule has 2 aromatic rings. The number of carboxylic acids is 1. The zero-order chi connectivity index (χ0) is 23.4. The number of hydrogen-bond acceptors (Lipinski definition) is 5. The van der Waals surface area contributed by atoms with Crippen LogP contribution in [0, 0.1) is 5.92 Å². The Hall–Kier alpha value is -3.39. The van der Waals surface area contributed by atoms with Crippen molar-refractivity contribution in [2.45, 2.75) is 31.2 Å². The average molecular weight is 453 g/mol. The number of ether oxygens (including phenoxy) is 2. The molecule has 1 heterocycles. The van der Waals surface area contributed by atoms with Crippen molar-refractivity contribution in [2.24, 2.45) is 5.92 Å². The first-order chi connectivity index (χ1) is 15.9. The smallest absolute Gasteiger partial charge is 0.408 e. The Labute approximate surface area is 192 Å². The standard InChI is InChI=1S/C25H28N2O6/c1-2-16(22(28)29)13-26-23(30)25(11-12-32-15-25)27-24(31)33-14-21-19-9-5-3-7-17(19)18-8-4-6-10-20(18)21/h3-10,16,21H,2,11-15H2,1H3,(H,26,30)(H,27,31)(H,28,29). The van der Waals surface area contributed by atoms with Crippen LogP contribution in [-0.4, -0.2) is 55.0 Å². The van der Waals surface area contributed by atoms with Gasteiger partial charge in [0.05, 0.1) is 12.5 Å². The third-order valence-corrected chi connectivity index (χ3v) is 6.49. The third-order valence-electron chi connectivity index (χ3n) is 6.49. The van der Waals surface area contributed by atoms with Crippen molar-refractivity contribution in [1.29, 1.82) is 0 Å². The Balaban J connectivity index is 1.41. The SMILES string of the molecule is CCC(CNC(=O)C1(NC(=O)OCC2c3ccccc3-c3ccccc32)CCOC1)C(=O)O. The van der Waals surface area contributed by atoms with Crippen LogP contribution in [-0.2, 0) is 19.1 Å². The maximum absolute atomic E-state index is 12.9. The number of amides is 2. The molecule has 1 saturated heterocycles. The summed E-state index contributed by atoms with van der Waals surface area (Å²) in [4.78, 5) is 36.9. The normalized spacial score (nSPS) is 19.9. The number of rotatable bonds is 8. The van der Waals surface area contributed by atoms with Crippen LogP contribution in [0.3, 0.4) is 0 Å². The molecule has 0 spiro atoms. The van der Waals surface area contributed by atoms with E-state index in [-0.39, 0.29) is 32.1 Å². The fourth-order valence-corrected chi connectivity index (χ4v) is 4.52. The first kappa shape index (κ1) is 22.8. The summed E-state index contributed by atoms with van der Waals surface area (Å²) in [6.07, 6.45) is -0.0333. The molecule has 2 unspecified atom stereocenters. The Morgan fingerprint density at radius 1 is 1.12 bits per heavy atom. The van der Waals surface area contributed by atoms with E-state index in [1.165, 1.54) is 0 Å². The molecule has 1 aliphatic carbocycles. The fourth-order valence-electron chi connectivity index (χ4n) is 4.52. The van der Waals surface area contributed by atoms with Crippen LogP contribution in [0.1, 0.15) is 36.8 Å². The molecule has 174 valence electrons. The molecule has 2 atom stereocenters. The Bertz CT molecular complexity index is 1000. The molecular weight excluding hydrogens is 424 g/mol. The van der Waals surface area contributed by atoms with Gasteiger partial charge in [0.2, 0.25) is 5.91 Å². The summed E-state index contributed by atoms with van der Waals surface area (Å²) < 4.78 is 11.0. The number of carbonyl (C=O) groups excluding carboxylic acids is 2. The number of nitrogens with one attached hydrogen (secondary N) is 2. The minimum atomic E-state index is -1.28. The molecule has 0 radical (unpaired) electrons. The monoisotopic (exact) mass is 452 g/mol. The second-order valence-electron chi connectivity index (χ2n) is 8.49. The number of carbonyl (C=O) groups is 3. The van der Waals surface area contributed by atoms with Crippen LogP contribution in [0.25, 0.3) is 11.1 Å². The van der Waals surface area contributed by atoms with E-state index in [0.717, 1.165) is 22.3 Å². The molecule has 2 aromatic carbocycles.